The average molecular weight is 463 g/mol. The highest BCUT2D eigenvalue weighted by Gasteiger charge is 2.39. The number of aliphatic hydroxyl groups is 2. The van der Waals surface area contributed by atoms with Crippen LogP contribution in [0.25, 0.3) is 0 Å². The maximum Gasteiger partial charge on any atom is 0.129 e. The first kappa shape index (κ1) is 29.2. The highest BCUT2D eigenvalue weighted by Crippen LogP contribution is 2.33. The van der Waals surface area contributed by atoms with Crippen LogP contribution in [-0.4, -0.2) is 43.2 Å². The summed E-state index contributed by atoms with van der Waals surface area (Å²) in [6.07, 6.45) is 6.06. The van der Waals surface area contributed by atoms with Gasteiger partial charge >= 0.3 is 0 Å². The lowest BCUT2D eigenvalue weighted by molar-refractivity contribution is -0.145. The van der Waals surface area contributed by atoms with Gasteiger partial charge in [0.15, 0.2) is 0 Å². The first-order valence-corrected chi connectivity index (χ1v) is 16.1. The van der Waals surface area contributed by atoms with E-state index in [0.717, 1.165) is 31.3 Å². The van der Waals surface area contributed by atoms with Gasteiger partial charge in [0.1, 0.15) is 14.2 Å². The summed E-state index contributed by atoms with van der Waals surface area (Å²) in [5.74, 6) is 4.95. The van der Waals surface area contributed by atoms with Crippen molar-refractivity contribution in [1.29, 1.82) is 0 Å². The van der Waals surface area contributed by atoms with Crippen molar-refractivity contribution in [2.75, 3.05) is 6.61 Å². The van der Waals surface area contributed by atoms with Crippen molar-refractivity contribution in [1.82, 2.24) is 0 Å². The standard InChI is InChI=1S/C28H50O3Si/c1-19(15-20(2)16-21(3)17-22(4)23(5)18-29)11-12-26-24(6)28(30)25(7)27(31-26)13-14-32(8,9)10/h15,19,21-22,24-30H,5,11-12,16-18H2,1-4,6-10H3/b20-15+/t19-,21+,22-,24-,25-,26+,27-,28-/m0/s1. The third-order valence-electron chi connectivity index (χ3n) is 6.85. The Morgan fingerprint density at radius 1 is 1.16 bits per heavy atom. The Morgan fingerprint density at radius 2 is 1.78 bits per heavy atom. The summed E-state index contributed by atoms with van der Waals surface area (Å²) < 4.78 is 6.41. The van der Waals surface area contributed by atoms with Gasteiger partial charge in [-0.15, -0.1) is 5.54 Å². The number of hydrogen-bond donors (Lipinski definition) is 2. The molecule has 0 bridgehead atoms. The van der Waals surface area contributed by atoms with Gasteiger partial charge in [0, 0.05) is 11.8 Å². The van der Waals surface area contributed by atoms with Gasteiger partial charge in [-0.05, 0) is 55.9 Å². The van der Waals surface area contributed by atoms with Crippen LogP contribution in [0.5, 0.6) is 0 Å². The predicted molar refractivity (Wildman–Crippen MR) is 140 cm³/mol. The monoisotopic (exact) mass is 462 g/mol. The molecule has 0 radical (unpaired) electrons. The lowest BCUT2D eigenvalue weighted by Crippen LogP contribution is -2.48. The fraction of sp³-hybridized carbons (Fsp3) is 0.786. The molecule has 0 aromatic carbocycles. The predicted octanol–water partition coefficient (Wildman–Crippen LogP) is 6.23. The Kier molecular flexibility index (Phi) is 12.0. The molecule has 0 aliphatic carbocycles. The molecule has 8 atom stereocenters. The Labute approximate surface area is 199 Å². The molecule has 1 heterocycles. The zero-order valence-corrected chi connectivity index (χ0v) is 23.2. The van der Waals surface area contributed by atoms with Crippen LogP contribution in [0, 0.1) is 41.1 Å². The van der Waals surface area contributed by atoms with Crippen LogP contribution in [0.2, 0.25) is 19.6 Å². The highest BCUT2D eigenvalue weighted by atomic mass is 28.3. The number of allylic oxidation sites excluding steroid dienone is 2. The van der Waals surface area contributed by atoms with E-state index >= 15 is 0 Å². The minimum absolute atomic E-state index is 0.0513. The van der Waals surface area contributed by atoms with Crippen molar-refractivity contribution in [2.24, 2.45) is 29.6 Å². The van der Waals surface area contributed by atoms with Crippen molar-refractivity contribution >= 4 is 8.07 Å². The maximum absolute atomic E-state index is 10.8. The Bertz CT molecular complexity index is 681. The van der Waals surface area contributed by atoms with Gasteiger partial charge < -0.3 is 14.9 Å². The molecule has 1 fully saturated rings. The third-order valence-corrected chi connectivity index (χ3v) is 7.75. The van der Waals surface area contributed by atoms with E-state index in [9.17, 15) is 10.2 Å². The van der Waals surface area contributed by atoms with Crippen LogP contribution in [0.15, 0.2) is 23.8 Å². The highest BCUT2D eigenvalue weighted by molar-refractivity contribution is 6.83. The van der Waals surface area contributed by atoms with Gasteiger partial charge in [0.05, 0.1) is 18.8 Å². The topological polar surface area (TPSA) is 49.7 Å². The number of rotatable bonds is 10. The van der Waals surface area contributed by atoms with E-state index in [1.54, 1.807) is 0 Å². The van der Waals surface area contributed by atoms with Crippen molar-refractivity contribution in [3.05, 3.63) is 23.8 Å². The molecule has 1 saturated heterocycles. The van der Waals surface area contributed by atoms with Crippen LogP contribution in [0.1, 0.15) is 67.2 Å². The summed E-state index contributed by atoms with van der Waals surface area (Å²) in [7, 11) is -1.47. The van der Waals surface area contributed by atoms with E-state index < -0.39 is 8.07 Å². The molecule has 0 unspecified atom stereocenters. The van der Waals surface area contributed by atoms with Crippen molar-refractivity contribution in [2.45, 2.75) is 105 Å². The smallest absolute Gasteiger partial charge is 0.129 e. The Hall–Kier alpha value is -0.863. The molecule has 0 aromatic heterocycles. The van der Waals surface area contributed by atoms with Crippen LogP contribution in [-0.2, 0) is 4.74 Å². The fourth-order valence-corrected chi connectivity index (χ4v) is 5.30. The molecule has 2 N–H and O–H groups in total. The summed E-state index contributed by atoms with van der Waals surface area (Å²) in [6.45, 7) is 23.9. The molecule has 1 rings (SSSR count). The molecule has 1 aliphatic heterocycles. The van der Waals surface area contributed by atoms with Crippen LogP contribution in [0.4, 0.5) is 0 Å². The van der Waals surface area contributed by atoms with E-state index in [1.807, 2.05) is 0 Å². The maximum atomic E-state index is 10.8. The number of aliphatic hydroxyl groups excluding tert-OH is 2. The molecule has 0 amide bonds. The molecule has 0 spiro atoms. The summed E-state index contributed by atoms with van der Waals surface area (Å²) in [5, 5.41) is 20.1. The third kappa shape index (κ3) is 9.95. The molecule has 4 heteroatoms. The molecule has 0 aromatic rings. The molecule has 3 nitrogen and oxygen atoms in total. The van der Waals surface area contributed by atoms with Gasteiger partial charge in [0.2, 0.25) is 0 Å². The van der Waals surface area contributed by atoms with Crippen molar-refractivity contribution in [3.63, 3.8) is 0 Å². The largest absolute Gasteiger partial charge is 0.392 e. The Balaban J connectivity index is 2.64. The first-order chi connectivity index (χ1) is 14.7. The van der Waals surface area contributed by atoms with Crippen LogP contribution >= 0.6 is 0 Å². The van der Waals surface area contributed by atoms with E-state index in [2.05, 4.69) is 85.3 Å². The second kappa shape index (κ2) is 13.1. The summed E-state index contributed by atoms with van der Waals surface area (Å²) in [6, 6.07) is 0. The molecule has 32 heavy (non-hydrogen) atoms. The van der Waals surface area contributed by atoms with E-state index in [1.165, 1.54) is 5.57 Å². The first-order valence-electron chi connectivity index (χ1n) is 12.6. The number of hydrogen-bond acceptors (Lipinski definition) is 3. The fourth-order valence-electron chi connectivity index (χ4n) is 4.72. The molecular weight excluding hydrogens is 412 g/mol. The summed E-state index contributed by atoms with van der Waals surface area (Å²) in [4.78, 5) is 0. The van der Waals surface area contributed by atoms with Gasteiger partial charge in [-0.2, -0.15) is 0 Å². The summed E-state index contributed by atoms with van der Waals surface area (Å²) >= 11 is 0. The molecular formula is C28H50O3Si. The minimum atomic E-state index is -1.47. The molecule has 0 saturated carbocycles. The molecule has 184 valence electrons. The van der Waals surface area contributed by atoms with Crippen molar-refractivity contribution < 1.29 is 14.9 Å². The quantitative estimate of drug-likeness (QED) is 0.230. The lowest BCUT2D eigenvalue weighted by atomic mass is 9.81. The number of ether oxygens (including phenoxy) is 1. The second-order valence-electron chi connectivity index (χ2n) is 11.7. The second-order valence-corrected chi connectivity index (χ2v) is 16.4. The molecule has 1 aliphatic rings. The van der Waals surface area contributed by atoms with E-state index in [0.29, 0.717) is 17.8 Å². The van der Waals surface area contributed by atoms with E-state index in [-0.39, 0.29) is 36.8 Å². The van der Waals surface area contributed by atoms with Gasteiger partial charge in [-0.1, -0.05) is 78.4 Å². The van der Waals surface area contributed by atoms with Crippen LogP contribution in [0.3, 0.4) is 0 Å². The van der Waals surface area contributed by atoms with Gasteiger partial charge in [-0.25, -0.2) is 0 Å². The van der Waals surface area contributed by atoms with Gasteiger partial charge in [-0.3, -0.25) is 0 Å². The van der Waals surface area contributed by atoms with Gasteiger partial charge in [0.25, 0.3) is 0 Å². The Morgan fingerprint density at radius 3 is 2.34 bits per heavy atom. The normalized spacial score (nSPS) is 29.6. The van der Waals surface area contributed by atoms with E-state index in [4.69, 9.17) is 4.74 Å². The van der Waals surface area contributed by atoms with Crippen LogP contribution < -0.4 is 0 Å². The van der Waals surface area contributed by atoms with Crippen molar-refractivity contribution in [3.8, 4) is 11.5 Å². The average Bonchev–Trinajstić information content (AvgIpc) is 2.68. The minimum Gasteiger partial charge on any atom is -0.392 e. The summed E-state index contributed by atoms with van der Waals surface area (Å²) in [5.41, 5.74) is 5.79. The zero-order valence-electron chi connectivity index (χ0n) is 22.2. The zero-order chi connectivity index (χ0) is 24.6. The SMILES string of the molecule is C=C(CO)[C@@H](C)C[C@H](C)C/C(C)=C/[C@@H](C)CC[C@H]1O[C@@H](C#C[Si](C)(C)C)[C@H](C)[C@@H](O)[C@H]1C. The lowest BCUT2D eigenvalue weighted by Gasteiger charge is -2.41.